The Morgan fingerprint density at radius 3 is 2.21 bits per heavy atom. The highest BCUT2D eigenvalue weighted by molar-refractivity contribution is 9.11. The zero-order chi connectivity index (χ0) is 14.6. The predicted molar refractivity (Wildman–Crippen MR) is 80.3 cm³/mol. The van der Waals surface area contributed by atoms with Gasteiger partial charge in [0.1, 0.15) is 5.54 Å². The molecule has 6 heteroatoms. The van der Waals surface area contributed by atoms with Crippen LogP contribution in [0.25, 0.3) is 0 Å². The Morgan fingerprint density at radius 2 is 1.79 bits per heavy atom. The standard InChI is InChI=1S/C13H15Br2NO3/c1-3-4-13(2,12(18)19)16-11(17)8-5-9(14)7-10(15)6-8/h5-7H,3-4H2,1-2H3,(H,16,17)(H,18,19). The molecule has 0 fully saturated rings. The van der Waals surface area contributed by atoms with Crippen molar-refractivity contribution < 1.29 is 14.7 Å². The molecule has 0 aliphatic heterocycles. The first-order valence-electron chi connectivity index (χ1n) is 5.80. The van der Waals surface area contributed by atoms with Gasteiger partial charge >= 0.3 is 5.97 Å². The molecule has 0 bridgehead atoms. The van der Waals surface area contributed by atoms with Gasteiger partial charge < -0.3 is 10.4 Å². The van der Waals surface area contributed by atoms with Gasteiger partial charge in [0.25, 0.3) is 5.91 Å². The number of benzene rings is 1. The van der Waals surface area contributed by atoms with Crippen LogP contribution >= 0.6 is 31.9 Å². The van der Waals surface area contributed by atoms with Gasteiger partial charge in [0.15, 0.2) is 0 Å². The molecule has 2 N–H and O–H groups in total. The van der Waals surface area contributed by atoms with Crippen LogP contribution in [0.4, 0.5) is 0 Å². The van der Waals surface area contributed by atoms with E-state index in [1.54, 1.807) is 18.2 Å². The lowest BCUT2D eigenvalue weighted by molar-refractivity contribution is -0.144. The summed E-state index contributed by atoms with van der Waals surface area (Å²) in [6.07, 6.45) is 1.05. The molecular formula is C13H15Br2NO3. The molecule has 0 saturated heterocycles. The zero-order valence-corrected chi connectivity index (χ0v) is 13.8. The molecule has 1 atom stereocenters. The van der Waals surface area contributed by atoms with Crippen molar-refractivity contribution in [3.05, 3.63) is 32.7 Å². The van der Waals surface area contributed by atoms with Crippen LogP contribution in [-0.2, 0) is 4.79 Å². The van der Waals surface area contributed by atoms with Gasteiger partial charge in [0, 0.05) is 14.5 Å². The number of nitrogens with one attached hydrogen (secondary N) is 1. The zero-order valence-electron chi connectivity index (χ0n) is 10.7. The second kappa shape index (κ2) is 6.52. The summed E-state index contributed by atoms with van der Waals surface area (Å²) in [4.78, 5) is 23.4. The molecule has 1 rings (SSSR count). The minimum atomic E-state index is -1.25. The molecule has 0 heterocycles. The molecule has 104 valence electrons. The number of aliphatic carboxylic acids is 1. The average Bonchev–Trinajstić information content (AvgIpc) is 2.27. The van der Waals surface area contributed by atoms with Crippen LogP contribution in [0.5, 0.6) is 0 Å². The summed E-state index contributed by atoms with van der Waals surface area (Å²) in [6, 6.07) is 5.10. The summed E-state index contributed by atoms with van der Waals surface area (Å²) in [5, 5.41) is 11.8. The molecule has 1 aromatic carbocycles. The minimum Gasteiger partial charge on any atom is -0.480 e. The molecule has 0 aliphatic carbocycles. The van der Waals surface area contributed by atoms with Crippen molar-refractivity contribution in [2.45, 2.75) is 32.2 Å². The number of carbonyl (C=O) groups is 2. The lowest BCUT2D eigenvalue weighted by Gasteiger charge is -2.25. The topological polar surface area (TPSA) is 66.4 Å². The van der Waals surface area contributed by atoms with Crippen LogP contribution in [0.3, 0.4) is 0 Å². The number of rotatable bonds is 5. The molecule has 0 spiro atoms. The molecular weight excluding hydrogens is 378 g/mol. The van der Waals surface area contributed by atoms with Crippen molar-refractivity contribution in [1.82, 2.24) is 5.32 Å². The molecule has 19 heavy (non-hydrogen) atoms. The third kappa shape index (κ3) is 4.31. The Bertz CT molecular complexity index is 484. The van der Waals surface area contributed by atoms with Gasteiger partial charge in [-0.1, -0.05) is 45.2 Å². The second-order valence-corrected chi connectivity index (χ2v) is 6.33. The average molecular weight is 393 g/mol. The molecule has 4 nitrogen and oxygen atoms in total. The highest BCUT2D eigenvalue weighted by atomic mass is 79.9. The molecule has 1 amide bonds. The third-order valence-electron chi connectivity index (χ3n) is 2.74. The fourth-order valence-electron chi connectivity index (χ4n) is 1.73. The van der Waals surface area contributed by atoms with E-state index in [-0.39, 0.29) is 0 Å². The Hall–Kier alpha value is -0.880. The summed E-state index contributed by atoms with van der Waals surface area (Å²) in [6.45, 7) is 3.40. The summed E-state index contributed by atoms with van der Waals surface area (Å²) < 4.78 is 1.50. The lowest BCUT2D eigenvalue weighted by atomic mass is 9.96. The van der Waals surface area contributed by atoms with E-state index >= 15 is 0 Å². The van der Waals surface area contributed by atoms with Gasteiger partial charge in [-0.25, -0.2) is 4.79 Å². The van der Waals surface area contributed by atoms with Gasteiger partial charge in [0.05, 0.1) is 0 Å². The Balaban J connectivity index is 2.97. The fraction of sp³-hybridized carbons (Fsp3) is 0.385. The number of halogens is 2. The summed E-state index contributed by atoms with van der Waals surface area (Å²) in [5.74, 6) is -1.43. The molecule has 1 aromatic rings. The maximum absolute atomic E-state index is 12.1. The maximum Gasteiger partial charge on any atom is 0.329 e. The summed E-state index contributed by atoms with van der Waals surface area (Å²) in [5.41, 5.74) is -0.842. The van der Waals surface area contributed by atoms with E-state index in [1.807, 2.05) is 6.92 Å². The van der Waals surface area contributed by atoms with E-state index in [2.05, 4.69) is 37.2 Å². The van der Waals surface area contributed by atoms with Gasteiger partial charge in [-0.15, -0.1) is 0 Å². The van der Waals surface area contributed by atoms with Crippen molar-refractivity contribution in [3.63, 3.8) is 0 Å². The molecule has 0 aliphatic rings. The first kappa shape index (κ1) is 16.2. The highest BCUT2D eigenvalue weighted by Gasteiger charge is 2.34. The number of carboxylic acids is 1. The largest absolute Gasteiger partial charge is 0.480 e. The van der Waals surface area contributed by atoms with E-state index < -0.39 is 17.4 Å². The van der Waals surface area contributed by atoms with Crippen molar-refractivity contribution in [1.29, 1.82) is 0 Å². The number of hydrogen-bond acceptors (Lipinski definition) is 2. The summed E-state index contributed by atoms with van der Waals surface area (Å²) >= 11 is 6.59. The van der Waals surface area contributed by atoms with Crippen molar-refractivity contribution in [2.75, 3.05) is 0 Å². The van der Waals surface area contributed by atoms with Crippen LogP contribution in [0.1, 0.15) is 37.0 Å². The van der Waals surface area contributed by atoms with Gasteiger partial charge in [-0.3, -0.25) is 4.79 Å². The molecule has 0 saturated carbocycles. The van der Waals surface area contributed by atoms with E-state index in [4.69, 9.17) is 0 Å². The first-order chi connectivity index (χ1) is 8.78. The smallest absolute Gasteiger partial charge is 0.329 e. The van der Waals surface area contributed by atoms with Crippen LogP contribution < -0.4 is 5.32 Å². The van der Waals surface area contributed by atoms with Crippen molar-refractivity contribution in [2.24, 2.45) is 0 Å². The first-order valence-corrected chi connectivity index (χ1v) is 7.39. The van der Waals surface area contributed by atoms with Crippen LogP contribution in [-0.4, -0.2) is 22.5 Å². The van der Waals surface area contributed by atoms with E-state index in [0.29, 0.717) is 18.4 Å². The normalized spacial score (nSPS) is 13.7. The van der Waals surface area contributed by atoms with Gasteiger partial charge in [-0.2, -0.15) is 0 Å². The highest BCUT2D eigenvalue weighted by Crippen LogP contribution is 2.21. The quantitative estimate of drug-likeness (QED) is 0.804. The molecule has 1 unspecified atom stereocenters. The van der Waals surface area contributed by atoms with Crippen LogP contribution in [0, 0.1) is 0 Å². The predicted octanol–water partition coefficient (Wildman–Crippen LogP) is 3.58. The number of amides is 1. The Labute approximate surface area is 128 Å². The second-order valence-electron chi connectivity index (χ2n) is 4.50. The van der Waals surface area contributed by atoms with Gasteiger partial charge in [-0.05, 0) is 31.5 Å². The maximum atomic E-state index is 12.1. The van der Waals surface area contributed by atoms with E-state index in [1.165, 1.54) is 6.92 Å². The lowest BCUT2D eigenvalue weighted by Crippen LogP contribution is -2.52. The van der Waals surface area contributed by atoms with E-state index in [9.17, 15) is 14.7 Å². The molecule has 0 aromatic heterocycles. The summed E-state index contributed by atoms with van der Waals surface area (Å²) in [7, 11) is 0. The van der Waals surface area contributed by atoms with Crippen molar-refractivity contribution >= 4 is 43.7 Å². The molecule has 0 radical (unpaired) electrons. The fourth-order valence-corrected chi connectivity index (χ4v) is 3.02. The number of carboxylic acid groups (broad SMARTS) is 1. The number of hydrogen-bond donors (Lipinski definition) is 2. The van der Waals surface area contributed by atoms with E-state index in [0.717, 1.165) is 8.95 Å². The third-order valence-corrected chi connectivity index (χ3v) is 3.65. The Kier molecular flexibility index (Phi) is 5.55. The monoisotopic (exact) mass is 391 g/mol. The number of carbonyl (C=O) groups excluding carboxylic acids is 1. The minimum absolute atomic E-state index is 0.378. The van der Waals surface area contributed by atoms with Crippen molar-refractivity contribution in [3.8, 4) is 0 Å². The Morgan fingerprint density at radius 1 is 1.26 bits per heavy atom. The van der Waals surface area contributed by atoms with Crippen LogP contribution in [0.15, 0.2) is 27.1 Å². The van der Waals surface area contributed by atoms with Gasteiger partial charge in [0.2, 0.25) is 0 Å². The SMILES string of the molecule is CCCC(C)(NC(=O)c1cc(Br)cc(Br)c1)C(=O)O. The van der Waals surface area contributed by atoms with Crippen LogP contribution in [0.2, 0.25) is 0 Å².